The van der Waals surface area contributed by atoms with Crippen LogP contribution in [0.5, 0.6) is 0 Å². The Labute approximate surface area is 109 Å². The fourth-order valence-electron chi connectivity index (χ4n) is 2.23. The number of rotatable bonds is 7. The quantitative estimate of drug-likeness (QED) is 0.589. The molecule has 0 heterocycles. The van der Waals surface area contributed by atoms with Crippen LogP contribution in [0, 0.1) is 11.2 Å². The number of hydrogen-bond acceptors (Lipinski definition) is 0. The molecule has 1 rings (SSSR count). The van der Waals surface area contributed by atoms with Crippen LogP contribution in [0.2, 0.25) is 0 Å². The van der Waals surface area contributed by atoms with Gasteiger partial charge in [-0.1, -0.05) is 38.8 Å². The molecule has 0 nitrogen and oxygen atoms in total. The standard InChI is InChI=1S/C15H22ClF/c1-3-5-9-15(4-2,12-16)11-13-7-6-8-14(17)10-13/h6-8,10H,3-5,9,11-12H2,1-2H3. The lowest BCUT2D eigenvalue weighted by molar-refractivity contribution is 0.279. The lowest BCUT2D eigenvalue weighted by atomic mass is 9.77. The van der Waals surface area contributed by atoms with Gasteiger partial charge < -0.3 is 0 Å². The van der Waals surface area contributed by atoms with Gasteiger partial charge in [-0.25, -0.2) is 4.39 Å². The monoisotopic (exact) mass is 256 g/mol. The first-order valence-electron chi connectivity index (χ1n) is 6.46. The summed E-state index contributed by atoms with van der Waals surface area (Å²) < 4.78 is 13.2. The average Bonchev–Trinajstić information content (AvgIpc) is 2.35. The molecule has 0 N–H and O–H groups in total. The second kappa shape index (κ2) is 7.00. The van der Waals surface area contributed by atoms with E-state index in [1.54, 1.807) is 12.1 Å². The van der Waals surface area contributed by atoms with Crippen molar-refractivity contribution in [3.05, 3.63) is 35.6 Å². The maximum absolute atomic E-state index is 13.2. The Bertz CT molecular complexity index is 331. The molecule has 0 aromatic heterocycles. The number of benzene rings is 1. The van der Waals surface area contributed by atoms with Crippen LogP contribution in [0.4, 0.5) is 4.39 Å². The van der Waals surface area contributed by atoms with E-state index in [2.05, 4.69) is 13.8 Å². The number of unbranched alkanes of at least 4 members (excludes halogenated alkanes) is 1. The van der Waals surface area contributed by atoms with Gasteiger partial charge in [0.15, 0.2) is 0 Å². The summed E-state index contributed by atoms with van der Waals surface area (Å²) in [6, 6.07) is 6.89. The first kappa shape index (κ1) is 14.5. The van der Waals surface area contributed by atoms with E-state index in [1.165, 1.54) is 18.9 Å². The summed E-state index contributed by atoms with van der Waals surface area (Å²) in [4.78, 5) is 0. The molecular formula is C15H22ClF. The summed E-state index contributed by atoms with van der Waals surface area (Å²) in [7, 11) is 0. The Balaban J connectivity index is 2.78. The number of hydrogen-bond donors (Lipinski definition) is 0. The molecule has 17 heavy (non-hydrogen) atoms. The molecule has 0 aliphatic rings. The Morgan fingerprint density at radius 1 is 1.29 bits per heavy atom. The fourth-order valence-corrected chi connectivity index (χ4v) is 2.65. The third kappa shape index (κ3) is 4.31. The molecule has 0 aliphatic carbocycles. The van der Waals surface area contributed by atoms with Crippen LogP contribution in [-0.4, -0.2) is 5.88 Å². The van der Waals surface area contributed by atoms with E-state index in [9.17, 15) is 4.39 Å². The lowest BCUT2D eigenvalue weighted by Gasteiger charge is -2.31. The van der Waals surface area contributed by atoms with Gasteiger partial charge in [0.25, 0.3) is 0 Å². The minimum Gasteiger partial charge on any atom is -0.207 e. The SMILES string of the molecule is CCCCC(CC)(CCl)Cc1cccc(F)c1. The highest BCUT2D eigenvalue weighted by atomic mass is 35.5. The van der Waals surface area contributed by atoms with Crippen molar-refractivity contribution >= 4 is 11.6 Å². The summed E-state index contributed by atoms with van der Waals surface area (Å²) in [5.41, 5.74) is 1.19. The van der Waals surface area contributed by atoms with Crippen molar-refractivity contribution in [2.24, 2.45) is 5.41 Å². The molecule has 0 radical (unpaired) electrons. The van der Waals surface area contributed by atoms with Gasteiger partial charge in [-0.3, -0.25) is 0 Å². The van der Waals surface area contributed by atoms with Crippen molar-refractivity contribution in [1.29, 1.82) is 0 Å². The highest BCUT2D eigenvalue weighted by Crippen LogP contribution is 2.34. The van der Waals surface area contributed by atoms with Crippen LogP contribution in [0.15, 0.2) is 24.3 Å². The van der Waals surface area contributed by atoms with Crippen molar-refractivity contribution in [2.45, 2.75) is 46.0 Å². The molecule has 0 spiro atoms. The van der Waals surface area contributed by atoms with Crippen molar-refractivity contribution in [3.63, 3.8) is 0 Å². The normalized spacial score (nSPS) is 14.6. The zero-order valence-electron chi connectivity index (χ0n) is 10.8. The summed E-state index contributed by atoms with van der Waals surface area (Å²) in [6.07, 6.45) is 5.43. The lowest BCUT2D eigenvalue weighted by Crippen LogP contribution is -2.25. The predicted octanol–water partition coefficient (Wildman–Crippen LogP) is 5.19. The molecule has 0 fully saturated rings. The molecule has 1 unspecified atom stereocenters. The molecule has 0 saturated carbocycles. The van der Waals surface area contributed by atoms with Gasteiger partial charge in [0.1, 0.15) is 5.82 Å². The van der Waals surface area contributed by atoms with E-state index < -0.39 is 0 Å². The zero-order chi connectivity index (χ0) is 12.7. The topological polar surface area (TPSA) is 0 Å². The molecule has 0 amide bonds. The summed E-state index contributed by atoms with van der Waals surface area (Å²) in [5.74, 6) is 0.498. The predicted molar refractivity (Wildman–Crippen MR) is 73.1 cm³/mol. The van der Waals surface area contributed by atoms with Gasteiger partial charge in [-0.15, -0.1) is 11.6 Å². The van der Waals surface area contributed by atoms with Crippen molar-refractivity contribution in [1.82, 2.24) is 0 Å². The Hall–Kier alpha value is -0.560. The Kier molecular flexibility index (Phi) is 5.97. The largest absolute Gasteiger partial charge is 0.207 e. The third-order valence-electron chi connectivity index (χ3n) is 3.56. The van der Waals surface area contributed by atoms with Gasteiger partial charge in [-0.05, 0) is 42.4 Å². The maximum atomic E-state index is 13.2. The third-order valence-corrected chi connectivity index (χ3v) is 4.13. The Morgan fingerprint density at radius 3 is 2.59 bits per heavy atom. The first-order valence-corrected chi connectivity index (χ1v) is 6.99. The van der Waals surface area contributed by atoms with E-state index in [-0.39, 0.29) is 11.2 Å². The van der Waals surface area contributed by atoms with Gasteiger partial charge in [0.2, 0.25) is 0 Å². The molecule has 2 heteroatoms. The Morgan fingerprint density at radius 2 is 2.06 bits per heavy atom. The van der Waals surface area contributed by atoms with E-state index in [1.807, 2.05) is 6.07 Å². The van der Waals surface area contributed by atoms with Crippen LogP contribution >= 0.6 is 11.6 Å². The molecule has 1 atom stereocenters. The maximum Gasteiger partial charge on any atom is 0.123 e. The summed E-state index contributed by atoms with van der Waals surface area (Å²) >= 11 is 6.16. The van der Waals surface area contributed by atoms with Crippen molar-refractivity contribution < 1.29 is 4.39 Å². The summed E-state index contributed by atoms with van der Waals surface area (Å²) in [5, 5.41) is 0. The number of halogens is 2. The highest BCUT2D eigenvalue weighted by molar-refractivity contribution is 6.18. The molecule has 96 valence electrons. The second-order valence-electron chi connectivity index (χ2n) is 4.90. The van der Waals surface area contributed by atoms with Crippen molar-refractivity contribution in [2.75, 3.05) is 5.88 Å². The molecule has 0 bridgehead atoms. The number of alkyl halides is 1. The molecule has 1 aromatic carbocycles. The minimum absolute atomic E-state index is 0.130. The van der Waals surface area contributed by atoms with Gasteiger partial charge in [0, 0.05) is 5.88 Å². The molecule has 1 aromatic rings. The van der Waals surface area contributed by atoms with E-state index in [4.69, 9.17) is 11.6 Å². The van der Waals surface area contributed by atoms with Gasteiger partial charge >= 0.3 is 0 Å². The zero-order valence-corrected chi connectivity index (χ0v) is 11.6. The van der Waals surface area contributed by atoms with Crippen LogP contribution in [0.3, 0.4) is 0 Å². The van der Waals surface area contributed by atoms with E-state index in [0.29, 0.717) is 5.88 Å². The fraction of sp³-hybridized carbons (Fsp3) is 0.600. The molecular weight excluding hydrogens is 235 g/mol. The van der Waals surface area contributed by atoms with E-state index in [0.717, 1.165) is 24.8 Å². The van der Waals surface area contributed by atoms with Crippen LogP contribution in [0.1, 0.15) is 45.1 Å². The highest BCUT2D eigenvalue weighted by Gasteiger charge is 2.26. The van der Waals surface area contributed by atoms with Gasteiger partial charge in [-0.2, -0.15) is 0 Å². The first-order chi connectivity index (χ1) is 8.15. The van der Waals surface area contributed by atoms with Crippen molar-refractivity contribution in [3.8, 4) is 0 Å². The smallest absolute Gasteiger partial charge is 0.123 e. The molecule has 0 saturated heterocycles. The summed E-state index contributed by atoms with van der Waals surface area (Å²) in [6.45, 7) is 4.37. The molecule has 0 aliphatic heterocycles. The van der Waals surface area contributed by atoms with E-state index >= 15 is 0 Å². The second-order valence-corrected chi connectivity index (χ2v) is 5.16. The van der Waals surface area contributed by atoms with Crippen LogP contribution in [-0.2, 0) is 6.42 Å². The van der Waals surface area contributed by atoms with Crippen LogP contribution in [0.25, 0.3) is 0 Å². The van der Waals surface area contributed by atoms with Crippen LogP contribution < -0.4 is 0 Å². The van der Waals surface area contributed by atoms with Gasteiger partial charge in [0.05, 0.1) is 0 Å². The minimum atomic E-state index is -0.155. The average molecular weight is 257 g/mol.